The van der Waals surface area contributed by atoms with Crippen LogP contribution in [0.25, 0.3) is 0 Å². The van der Waals surface area contributed by atoms with Gasteiger partial charge in [0.2, 0.25) is 0 Å². The molecule has 1 rings (SSSR count). The lowest BCUT2D eigenvalue weighted by Gasteiger charge is -2.18. The molecule has 1 heterocycles. The second kappa shape index (κ2) is 17.2. The van der Waals surface area contributed by atoms with Crippen molar-refractivity contribution in [1.82, 2.24) is 25.6 Å². The first-order valence-corrected chi connectivity index (χ1v) is 11.0. The molecule has 0 fully saturated rings. The molecule has 35 heavy (non-hydrogen) atoms. The lowest BCUT2D eigenvalue weighted by Crippen LogP contribution is -2.51. The highest BCUT2D eigenvalue weighted by atomic mass is 16.5. The van der Waals surface area contributed by atoms with E-state index in [1.54, 1.807) is 18.0 Å². The summed E-state index contributed by atoms with van der Waals surface area (Å²) in [6, 6.07) is -3.69. The largest absolute Gasteiger partial charge is 0.481 e. The van der Waals surface area contributed by atoms with Gasteiger partial charge in [-0.15, -0.1) is 5.10 Å². The van der Waals surface area contributed by atoms with E-state index < -0.39 is 42.4 Å². The third-order valence-corrected chi connectivity index (χ3v) is 4.62. The first kappa shape index (κ1) is 29.7. The van der Waals surface area contributed by atoms with Crippen molar-refractivity contribution in [3.63, 3.8) is 0 Å². The topological polar surface area (TPSA) is 211 Å². The van der Waals surface area contributed by atoms with E-state index in [0.29, 0.717) is 51.5 Å². The van der Waals surface area contributed by atoms with Crippen molar-refractivity contribution in [2.45, 2.75) is 57.3 Å². The van der Waals surface area contributed by atoms with Gasteiger partial charge in [-0.3, -0.25) is 9.48 Å². The average Bonchev–Trinajstić information content (AvgIpc) is 3.25. The van der Waals surface area contributed by atoms with Gasteiger partial charge in [-0.1, -0.05) is 5.21 Å². The molecule has 0 aliphatic carbocycles. The van der Waals surface area contributed by atoms with E-state index >= 15 is 0 Å². The zero-order valence-corrected chi connectivity index (χ0v) is 19.6. The molecule has 198 valence electrons. The van der Waals surface area contributed by atoms with Gasteiger partial charge >= 0.3 is 23.9 Å². The Morgan fingerprint density at radius 1 is 0.943 bits per heavy atom. The van der Waals surface area contributed by atoms with Crippen LogP contribution in [0.4, 0.5) is 4.79 Å². The summed E-state index contributed by atoms with van der Waals surface area (Å²) < 4.78 is 17.2. The van der Waals surface area contributed by atoms with Crippen LogP contribution in [0, 0.1) is 0 Å². The summed E-state index contributed by atoms with van der Waals surface area (Å²) in [6.07, 6.45) is 2.02. The standard InChI is InChI=1S/C20H33N5O10/c1-33-8-9-34-10-11-35-13-14-12-25(24-23-14)7-3-2-4-15(18(28)29)21-20(32)22-16(19(30)31)5-6-17(26)27/h12,15-16H,2-11,13H2,1H3,(H,26,27)(H,28,29)(H,30,31)(H2,21,22,32). The van der Waals surface area contributed by atoms with Crippen LogP contribution in [0.1, 0.15) is 37.8 Å². The van der Waals surface area contributed by atoms with Gasteiger partial charge in [0, 0.05) is 20.1 Å². The van der Waals surface area contributed by atoms with E-state index in [1.807, 2.05) is 0 Å². The number of amides is 2. The Balaban J connectivity index is 2.32. The minimum atomic E-state index is -1.45. The number of aliphatic carboxylic acids is 3. The molecule has 2 amide bonds. The molecule has 5 N–H and O–H groups in total. The number of carbonyl (C=O) groups is 4. The fourth-order valence-electron chi connectivity index (χ4n) is 2.82. The summed E-state index contributed by atoms with van der Waals surface area (Å²) in [5.41, 5.74) is 0.638. The number of aromatic nitrogens is 3. The van der Waals surface area contributed by atoms with Gasteiger partial charge in [0.05, 0.1) is 39.2 Å². The number of hydrogen-bond acceptors (Lipinski definition) is 9. The lowest BCUT2D eigenvalue weighted by molar-refractivity contribution is -0.140. The molecule has 15 heteroatoms. The van der Waals surface area contributed by atoms with E-state index in [2.05, 4.69) is 20.9 Å². The molecule has 2 unspecified atom stereocenters. The third kappa shape index (κ3) is 13.9. The molecule has 0 saturated carbocycles. The van der Waals surface area contributed by atoms with E-state index in [4.69, 9.17) is 24.4 Å². The molecule has 0 aliphatic heterocycles. The van der Waals surface area contributed by atoms with Gasteiger partial charge in [-0.05, 0) is 25.7 Å². The van der Waals surface area contributed by atoms with Crippen LogP contribution in [-0.2, 0) is 41.7 Å². The van der Waals surface area contributed by atoms with Gasteiger partial charge in [0.15, 0.2) is 0 Å². The Labute approximate surface area is 201 Å². The highest BCUT2D eigenvalue weighted by Crippen LogP contribution is 2.05. The minimum absolute atomic E-state index is 0.101. The van der Waals surface area contributed by atoms with E-state index in [9.17, 15) is 24.3 Å². The zero-order chi connectivity index (χ0) is 26.1. The molecular weight excluding hydrogens is 470 g/mol. The van der Waals surface area contributed by atoms with E-state index in [0.717, 1.165) is 0 Å². The number of unbranched alkanes of at least 4 members (excludes halogenated alkanes) is 1. The maximum Gasteiger partial charge on any atom is 0.326 e. The molecular formula is C20H33N5O10. The summed E-state index contributed by atoms with van der Waals surface area (Å²) in [6.45, 7) is 2.60. The normalized spacial score (nSPS) is 12.6. The summed E-state index contributed by atoms with van der Waals surface area (Å²) in [5, 5.41) is 39.3. The number of rotatable bonds is 20. The van der Waals surface area contributed by atoms with Crippen molar-refractivity contribution in [3.8, 4) is 0 Å². The molecule has 0 aromatic carbocycles. The van der Waals surface area contributed by atoms with Gasteiger partial charge < -0.3 is 40.2 Å². The number of carboxylic acids is 3. The lowest BCUT2D eigenvalue weighted by atomic mass is 10.1. The van der Waals surface area contributed by atoms with Gasteiger partial charge in [0.1, 0.15) is 17.8 Å². The van der Waals surface area contributed by atoms with Crippen molar-refractivity contribution in [1.29, 1.82) is 0 Å². The molecule has 0 bridgehead atoms. The Bertz CT molecular complexity index is 803. The SMILES string of the molecule is COCCOCCOCc1cn(CCCCC(NC(=O)NC(CCC(=O)O)C(=O)O)C(=O)O)nn1. The number of hydrogen-bond donors (Lipinski definition) is 5. The number of methoxy groups -OCH3 is 1. The number of carboxylic acid groups (broad SMARTS) is 3. The number of nitrogens with one attached hydrogen (secondary N) is 2. The number of carbonyl (C=O) groups excluding carboxylic acids is 1. The van der Waals surface area contributed by atoms with Crippen LogP contribution < -0.4 is 10.6 Å². The smallest absolute Gasteiger partial charge is 0.326 e. The molecule has 1 aromatic rings. The number of nitrogens with zero attached hydrogens (tertiary/aromatic N) is 3. The molecule has 0 saturated heterocycles. The molecule has 0 radical (unpaired) electrons. The fourth-order valence-corrected chi connectivity index (χ4v) is 2.82. The van der Waals surface area contributed by atoms with Crippen LogP contribution in [0.5, 0.6) is 0 Å². The summed E-state index contributed by atoms with van der Waals surface area (Å²) in [4.78, 5) is 45.2. The Morgan fingerprint density at radius 3 is 2.20 bits per heavy atom. The molecule has 15 nitrogen and oxygen atoms in total. The fraction of sp³-hybridized carbons (Fsp3) is 0.700. The Hall–Kier alpha value is -3.30. The van der Waals surface area contributed by atoms with Crippen LogP contribution in [0.2, 0.25) is 0 Å². The first-order chi connectivity index (χ1) is 16.7. The Morgan fingerprint density at radius 2 is 1.57 bits per heavy atom. The first-order valence-electron chi connectivity index (χ1n) is 11.0. The number of aryl methyl sites for hydroxylation is 1. The average molecular weight is 504 g/mol. The second-order valence-corrected chi connectivity index (χ2v) is 7.46. The highest BCUT2D eigenvalue weighted by Gasteiger charge is 2.24. The molecule has 2 atom stereocenters. The van der Waals surface area contributed by atoms with E-state index in [1.165, 1.54) is 0 Å². The van der Waals surface area contributed by atoms with Gasteiger partial charge in [-0.2, -0.15) is 0 Å². The summed E-state index contributed by atoms with van der Waals surface area (Å²) >= 11 is 0. The quantitative estimate of drug-likeness (QED) is 0.145. The predicted octanol–water partition coefficient (Wildman–Crippen LogP) is -0.302. The predicted molar refractivity (Wildman–Crippen MR) is 118 cm³/mol. The van der Waals surface area contributed by atoms with Crippen molar-refractivity contribution in [2.24, 2.45) is 0 Å². The van der Waals surface area contributed by atoms with Crippen LogP contribution in [0.3, 0.4) is 0 Å². The van der Waals surface area contributed by atoms with Crippen LogP contribution in [0.15, 0.2) is 6.20 Å². The highest BCUT2D eigenvalue weighted by molar-refractivity contribution is 5.86. The Kier molecular flexibility index (Phi) is 14.6. The summed E-state index contributed by atoms with van der Waals surface area (Å²) in [7, 11) is 1.59. The third-order valence-electron chi connectivity index (χ3n) is 4.62. The number of urea groups is 1. The van der Waals surface area contributed by atoms with Crippen molar-refractivity contribution in [2.75, 3.05) is 33.5 Å². The van der Waals surface area contributed by atoms with Gasteiger partial charge in [-0.25, -0.2) is 14.4 Å². The van der Waals surface area contributed by atoms with Crippen LogP contribution >= 0.6 is 0 Å². The molecule has 1 aromatic heterocycles. The maximum absolute atomic E-state index is 12.0. The van der Waals surface area contributed by atoms with E-state index in [-0.39, 0.29) is 19.4 Å². The molecule has 0 spiro atoms. The zero-order valence-electron chi connectivity index (χ0n) is 19.6. The van der Waals surface area contributed by atoms with Gasteiger partial charge in [0.25, 0.3) is 0 Å². The summed E-state index contributed by atoms with van der Waals surface area (Å²) in [5.74, 6) is -3.90. The van der Waals surface area contributed by atoms with Crippen molar-refractivity contribution in [3.05, 3.63) is 11.9 Å². The monoisotopic (exact) mass is 503 g/mol. The van der Waals surface area contributed by atoms with Crippen LogP contribution in [-0.4, -0.2) is 99.9 Å². The van der Waals surface area contributed by atoms with Crippen molar-refractivity contribution < 1.29 is 48.7 Å². The minimum Gasteiger partial charge on any atom is -0.481 e. The number of ether oxygens (including phenoxy) is 3. The second-order valence-electron chi connectivity index (χ2n) is 7.46. The molecule has 0 aliphatic rings. The maximum atomic E-state index is 12.0. The van der Waals surface area contributed by atoms with Crippen molar-refractivity contribution >= 4 is 23.9 Å².